The maximum absolute atomic E-state index is 12.5. The molecule has 0 aliphatic rings. The van der Waals surface area contributed by atoms with Crippen LogP contribution in [0.15, 0.2) is 55.1 Å². The highest BCUT2D eigenvalue weighted by Crippen LogP contribution is 2.28. The molecule has 0 aliphatic carbocycles. The highest BCUT2D eigenvalue weighted by atomic mass is 16.2. The molecular weight excluding hydrogens is 264 g/mol. The first kappa shape index (κ1) is 16.7. The Bertz CT molecular complexity index is 523. The van der Waals surface area contributed by atoms with E-state index < -0.39 is 11.3 Å². The molecular formula is C17H22N2O2. The van der Waals surface area contributed by atoms with Crippen LogP contribution in [-0.4, -0.2) is 11.8 Å². The van der Waals surface area contributed by atoms with E-state index in [-0.39, 0.29) is 18.7 Å². The van der Waals surface area contributed by atoms with Gasteiger partial charge in [-0.1, -0.05) is 48.6 Å². The lowest BCUT2D eigenvalue weighted by Crippen LogP contribution is -2.49. The van der Waals surface area contributed by atoms with Crippen molar-refractivity contribution in [3.05, 3.63) is 60.7 Å². The number of hydrogen-bond donors (Lipinski definition) is 2. The van der Waals surface area contributed by atoms with Crippen LogP contribution in [0.2, 0.25) is 0 Å². The van der Waals surface area contributed by atoms with Crippen LogP contribution in [0.1, 0.15) is 25.3 Å². The van der Waals surface area contributed by atoms with E-state index in [2.05, 4.69) is 11.9 Å². The number of nitrogens with two attached hydrogens (primary N) is 1. The molecule has 2 amide bonds. The number of nitrogens with one attached hydrogen (secondary N) is 1. The molecule has 0 heterocycles. The smallest absolute Gasteiger partial charge is 0.236 e. The van der Waals surface area contributed by atoms with Crippen LogP contribution in [0, 0.1) is 5.41 Å². The van der Waals surface area contributed by atoms with Crippen molar-refractivity contribution < 1.29 is 9.59 Å². The second kappa shape index (κ2) is 8.04. The van der Waals surface area contributed by atoms with Gasteiger partial charge in [0.05, 0.1) is 0 Å². The van der Waals surface area contributed by atoms with Gasteiger partial charge in [-0.15, -0.1) is 6.58 Å². The quantitative estimate of drug-likeness (QED) is 0.568. The molecule has 0 aromatic heterocycles. The maximum Gasteiger partial charge on any atom is 0.236 e. The molecule has 0 saturated carbocycles. The fourth-order valence-corrected chi connectivity index (χ4v) is 2.09. The second-order valence-electron chi connectivity index (χ2n) is 4.88. The summed E-state index contributed by atoms with van der Waals surface area (Å²) in [4.78, 5) is 24.3. The predicted molar refractivity (Wildman–Crippen MR) is 84.2 cm³/mol. The second-order valence-corrected chi connectivity index (χ2v) is 4.88. The molecule has 4 nitrogen and oxygen atoms in total. The summed E-state index contributed by atoms with van der Waals surface area (Å²) in [6.45, 7) is 5.82. The summed E-state index contributed by atoms with van der Waals surface area (Å²) in [7, 11) is 0. The van der Waals surface area contributed by atoms with Gasteiger partial charge < -0.3 is 11.1 Å². The SMILES string of the molecule is C=CCC(CC=CC)(C(N)=O)C(=O)NCc1ccccc1. The minimum absolute atomic E-state index is 0.216. The Kier molecular flexibility index (Phi) is 6.40. The molecule has 0 bridgehead atoms. The van der Waals surface area contributed by atoms with Crippen molar-refractivity contribution in [1.82, 2.24) is 5.32 Å². The molecule has 0 radical (unpaired) electrons. The molecule has 1 aromatic rings. The Morgan fingerprint density at radius 3 is 2.48 bits per heavy atom. The van der Waals surface area contributed by atoms with Gasteiger partial charge in [0.2, 0.25) is 11.8 Å². The number of rotatable bonds is 8. The number of allylic oxidation sites excluding steroid dienone is 3. The van der Waals surface area contributed by atoms with E-state index in [0.29, 0.717) is 6.54 Å². The first-order chi connectivity index (χ1) is 10.1. The number of carbonyl (C=O) groups excluding carboxylic acids is 2. The zero-order valence-corrected chi connectivity index (χ0v) is 12.3. The van der Waals surface area contributed by atoms with Crippen LogP contribution >= 0.6 is 0 Å². The number of carbonyl (C=O) groups is 2. The Labute approximate surface area is 125 Å². The topological polar surface area (TPSA) is 72.2 Å². The summed E-state index contributed by atoms with van der Waals surface area (Å²) >= 11 is 0. The van der Waals surface area contributed by atoms with Gasteiger partial charge in [0, 0.05) is 6.54 Å². The molecule has 0 spiro atoms. The third-order valence-electron chi connectivity index (χ3n) is 3.40. The summed E-state index contributed by atoms with van der Waals surface area (Å²) in [5, 5.41) is 2.79. The number of hydrogen-bond acceptors (Lipinski definition) is 2. The minimum atomic E-state index is -1.27. The van der Waals surface area contributed by atoms with Gasteiger partial charge in [-0.3, -0.25) is 9.59 Å². The van der Waals surface area contributed by atoms with Crippen LogP contribution in [0.25, 0.3) is 0 Å². The van der Waals surface area contributed by atoms with Crippen molar-refractivity contribution in [3.63, 3.8) is 0 Å². The van der Waals surface area contributed by atoms with Gasteiger partial charge in [0.1, 0.15) is 5.41 Å². The predicted octanol–water partition coefficient (Wildman–Crippen LogP) is 2.32. The molecule has 0 aliphatic heterocycles. The molecule has 112 valence electrons. The highest BCUT2D eigenvalue weighted by Gasteiger charge is 2.42. The van der Waals surface area contributed by atoms with Gasteiger partial charge in [-0.2, -0.15) is 0 Å². The summed E-state index contributed by atoms with van der Waals surface area (Å²) in [6, 6.07) is 9.51. The van der Waals surface area contributed by atoms with Crippen molar-refractivity contribution in [1.29, 1.82) is 0 Å². The van der Waals surface area contributed by atoms with Crippen molar-refractivity contribution in [2.24, 2.45) is 11.1 Å². The highest BCUT2D eigenvalue weighted by molar-refractivity contribution is 6.04. The standard InChI is InChI=1S/C17H22N2O2/c1-3-5-12-17(11-4-2,15(18)20)16(21)19-13-14-9-7-6-8-10-14/h3-10H,2,11-13H2,1H3,(H2,18,20)(H,19,21). The Hall–Kier alpha value is -2.36. The fourth-order valence-electron chi connectivity index (χ4n) is 2.09. The van der Waals surface area contributed by atoms with E-state index in [1.807, 2.05) is 37.3 Å². The Morgan fingerprint density at radius 2 is 1.95 bits per heavy atom. The van der Waals surface area contributed by atoms with Gasteiger partial charge in [-0.05, 0) is 25.3 Å². The molecule has 0 saturated heterocycles. The lowest BCUT2D eigenvalue weighted by Gasteiger charge is -2.27. The van der Waals surface area contributed by atoms with Gasteiger partial charge in [0.25, 0.3) is 0 Å². The summed E-state index contributed by atoms with van der Waals surface area (Å²) in [5.74, 6) is -0.997. The van der Waals surface area contributed by atoms with Crippen molar-refractivity contribution in [3.8, 4) is 0 Å². The van der Waals surface area contributed by atoms with Crippen LogP contribution < -0.4 is 11.1 Å². The van der Waals surface area contributed by atoms with E-state index in [1.165, 1.54) is 0 Å². The Balaban J connectivity index is 2.88. The normalized spacial score (nSPS) is 13.6. The van der Waals surface area contributed by atoms with Crippen LogP contribution in [0.4, 0.5) is 0 Å². The monoisotopic (exact) mass is 286 g/mol. The molecule has 1 atom stereocenters. The number of benzene rings is 1. The van der Waals surface area contributed by atoms with Crippen molar-refractivity contribution in [2.75, 3.05) is 0 Å². The van der Waals surface area contributed by atoms with Gasteiger partial charge in [-0.25, -0.2) is 0 Å². The third-order valence-corrected chi connectivity index (χ3v) is 3.40. The van der Waals surface area contributed by atoms with Gasteiger partial charge in [0.15, 0.2) is 0 Å². The van der Waals surface area contributed by atoms with Crippen LogP contribution in [-0.2, 0) is 16.1 Å². The van der Waals surface area contributed by atoms with E-state index in [0.717, 1.165) is 5.56 Å². The lowest BCUT2D eigenvalue weighted by molar-refractivity contribution is -0.141. The largest absolute Gasteiger partial charge is 0.369 e. The molecule has 1 rings (SSSR count). The van der Waals surface area contributed by atoms with E-state index in [1.54, 1.807) is 18.2 Å². The van der Waals surface area contributed by atoms with Gasteiger partial charge >= 0.3 is 0 Å². The summed E-state index contributed by atoms with van der Waals surface area (Å²) < 4.78 is 0. The van der Waals surface area contributed by atoms with Crippen molar-refractivity contribution in [2.45, 2.75) is 26.3 Å². The average Bonchev–Trinajstić information content (AvgIpc) is 2.49. The zero-order chi connectivity index (χ0) is 15.7. The van der Waals surface area contributed by atoms with Crippen LogP contribution in [0.5, 0.6) is 0 Å². The molecule has 1 aromatic carbocycles. The number of amides is 2. The average molecular weight is 286 g/mol. The Morgan fingerprint density at radius 1 is 1.29 bits per heavy atom. The first-order valence-corrected chi connectivity index (χ1v) is 6.91. The molecule has 1 unspecified atom stereocenters. The minimum Gasteiger partial charge on any atom is -0.369 e. The number of primary amides is 1. The molecule has 3 N–H and O–H groups in total. The van der Waals surface area contributed by atoms with E-state index >= 15 is 0 Å². The molecule has 21 heavy (non-hydrogen) atoms. The fraction of sp³-hybridized carbons (Fsp3) is 0.294. The summed E-state index contributed by atoms with van der Waals surface area (Å²) in [6.07, 6.45) is 5.61. The van der Waals surface area contributed by atoms with E-state index in [4.69, 9.17) is 5.73 Å². The zero-order valence-electron chi connectivity index (χ0n) is 12.3. The van der Waals surface area contributed by atoms with Crippen molar-refractivity contribution >= 4 is 11.8 Å². The first-order valence-electron chi connectivity index (χ1n) is 6.91. The van der Waals surface area contributed by atoms with E-state index in [9.17, 15) is 9.59 Å². The van der Waals surface area contributed by atoms with Crippen LogP contribution in [0.3, 0.4) is 0 Å². The maximum atomic E-state index is 12.5. The third kappa shape index (κ3) is 4.31. The summed E-state index contributed by atoms with van der Waals surface area (Å²) in [5.41, 5.74) is 5.18. The lowest BCUT2D eigenvalue weighted by atomic mass is 9.79. The molecule has 0 fully saturated rings. The molecule has 4 heteroatoms.